The number of aryl methyl sites for hydroxylation is 1. The minimum atomic E-state index is -2.73. The SMILES string of the molecule is CC[C@@]1(C)CCc2cnc(C(=O)N3CC(F)(F)C3)cc21. The summed E-state index contributed by atoms with van der Waals surface area (Å²) in [5, 5.41) is 0. The highest BCUT2D eigenvalue weighted by Gasteiger charge is 2.47. The van der Waals surface area contributed by atoms with Crippen molar-refractivity contribution in [2.75, 3.05) is 13.1 Å². The van der Waals surface area contributed by atoms with Crippen LogP contribution < -0.4 is 0 Å². The lowest BCUT2D eigenvalue weighted by Gasteiger charge is -2.38. The van der Waals surface area contributed by atoms with E-state index in [4.69, 9.17) is 0 Å². The highest BCUT2D eigenvalue weighted by molar-refractivity contribution is 5.93. The van der Waals surface area contributed by atoms with Crippen molar-refractivity contribution in [2.24, 2.45) is 0 Å². The van der Waals surface area contributed by atoms with Gasteiger partial charge in [0.05, 0.1) is 13.1 Å². The Bertz CT molecular complexity index is 565. The summed E-state index contributed by atoms with van der Waals surface area (Å²) in [5.41, 5.74) is 2.71. The lowest BCUT2D eigenvalue weighted by molar-refractivity contribution is -0.113. The number of hydrogen-bond donors (Lipinski definition) is 0. The van der Waals surface area contributed by atoms with Gasteiger partial charge in [0.15, 0.2) is 0 Å². The molecule has 20 heavy (non-hydrogen) atoms. The van der Waals surface area contributed by atoms with Crippen LogP contribution in [0.5, 0.6) is 0 Å². The minimum absolute atomic E-state index is 0.0756. The van der Waals surface area contributed by atoms with E-state index in [1.807, 2.05) is 6.07 Å². The fourth-order valence-electron chi connectivity index (χ4n) is 3.09. The van der Waals surface area contributed by atoms with E-state index < -0.39 is 19.0 Å². The number of likely N-dealkylation sites (tertiary alicyclic amines) is 1. The summed E-state index contributed by atoms with van der Waals surface area (Å²) in [6.45, 7) is 3.34. The number of nitrogens with zero attached hydrogens (tertiary/aromatic N) is 2. The largest absolute Gasteiger partial charge is 0.325 e. The van der Waals surface area contributed by atoms with E-state index in [9.17, 15) is 13.6 Å². The van der Waals surface area contributed by atoms with E-state index in [0.717, 1.165) is 29.7 Å². The summed E-state index contributed by atoms with van der Waals surface area (Å²) in [6.07, 6.45) is 4.77. The summed E-state index contributed by atoms with van der Waals surface area (Å²) < 4.78 is 25.7. The number of carbonyl (C=O) groups excluding carboxylic acids is 1. The van der Waals surface area contributed by atoms with Gasteiger partial charge >= 0.3 is 0 Å². The van der Waals surface area contributed by atoms with Gasteiger partial charge in [0.1, 0.15) is 5.69 Å². The average Bonchev–Trinajstić information content (AvgIpc) is 2.73. The molecule has 0 bridgehead atoms. The summed E-state index contributed by atoms with van der Waals surface area (Å²) in [6, 6.07) is 1.81. The molecule has 0 radical (unpaired) electrons. The first-order valence-electron chi connectivity index (χ1n) is 7.01. The molecule has 0 spiro atoms. The molecule has 1 aliphatic carbocycles. The maximum atomic E-state index is 12.8. The average molecular weight is 280 g/mol. The molecule has 0 N–H and O–H groups in total. The van der Waals surface area contributed by atoms with Crippen LogP contribution in [0.25, 0.3) is 0 Å². The third-order valence-corrected chi connectivity index (χ3v) is 4.71. The maximum absolute atomic E-state index is 12.8. The monoisotopic (exact) mass is 280 g/mol. The van der Waals surface area contributed by atoms with Crippen LogP contribution in [0.15, 0.2) is 12.3 Å². The predicted octanol–water partition coefficient (Wildman–Crippen LogP) is 2.79. The van der Waals surface area contributed by atoms with E-state index in [1.165, 1.54) is 5.56 Å². The summed E-state index contributed by atoms with van der Waals surface area (Å²) in [5.74, 6) is -3.12. The molecule has 2 heterocycles. The van der Waals surface area contributed by atoms with Gasteiger partial charge in [-0.25, -0.2) is 8.78 Å². The molecule has 1 fully saturated rings. The van der Waals surface area contributed by atoms with Crippen molar-refractivity contribution in [1.29, 1.82) is 0 Å². The van der Waals surface area contributed by atoms with Gasteiger partial charge in [-0.3, -0.25) is 9.78 Å². The maximum Gasteiger partial charge on any atom is 0.282 e. The topological polar surface area (TPSA) is 33.2 Å². The second-order valence-electron chi connectivity index (χ2n) is 6.16. The molecule has 1 aromatic heterocycles. The highest BCUT2D eigenvalue weighted by Crippen LogP contribution is 2.41. The molecule has 2 aliphatic rings. The van der Waals surface area contributed by atoms with Crippen LogP contribution in [-0.2, 0) is 11.8 Å². The van der Waals surface area contributed by atoms with Crippen LogP contribution in [0.2, 0.25) is 0 Å². The lowest BCUT2D eigenvalue weighted by Crippen LogP contribution is -2.58. The summed E-state index contributed by atoms with van der Waals surface area (Å²) in [4.78, 5) is 17.5. The Morgan fingerprint density at radius 2 is 2.15 bits per heavy atom. The van der Waals surface area contributed by atoms with Gasteiger partial charge < -0.3 is 4.90 Å². The Morgan fingerprint density at radius 1 is 1.45 bits per heavy atom. The first-order valence-corrected chi connectivity index (χ1v) is 7.01. The molecular weight excluding hydrogens is 262 g/mol. The Kier molecular flexibility index (Phi) is 2.85. The Morgan fingerprint density at radius 3 is 2.75 bits per heavy atom. The fourth-order valence-corrected chi connectivity index (χ4v) is 3.09. The number of aromatic nitrogens is 1. The van der Waals surface area contributed by atoms with Gasteiger partial charge in [-0.2, -0.15) is 0 Å². The molecule has 1 amide bonds. The molecule has 1 aromatic rings. The van der Waals surface area contributed by atoms with Crippen molar-refractivity contribution in [2.45, 2.75) is 44.4 Å². The van der Waals surface area contributed by atoms with Crippen LogP contribution in [0.3, 0.4) is 0 Å². The smallest absolute Gasteiger partial charge is 0.282 e. The van der Waals surface area contributed by atoms with Crippen molar-refractivity contribution >= 4 is 5.91 Å². The number of hydrogen-bond acceptors (Lipinski definition) is 2. The third kappa shape index (κ3) is 2.00. The Labute approximate surface area is 117 Å². The number of halogens is 2. The zero-order valence-electron chi connectivity index (χ0n) is 11.7. The molecule has 0 aromatic carbocycles. The molecule has 1 atom stereocenters. The second-order valence-corrected chi connectivity index (χ2v) is 6.16. The molecule has 0 saturated carbocycles. The quantitative estimate of drug-likeness (QED) is 0.834. The van der Waals surface area contributed by atoms with E-state index in [0.29, 0.717) is 5.69 Å². The number of carbonyl (C=O) groups is 1. The van der Waals surface area contributed by atoms with Crippen molar-refractivity contribution in [3.63, 3.8) is 0 Å². The second kappa shape index (κ2) is 4.24. The molecular formula is C15H18F2N2O. The van der Waals surface area contributed by atoms with E-state index in [-0.39, 0.29) is 11.3 Å². The van der Waals surface area contributed by atoms with E-state index in [2.05, 4.69) is 18.8 Å². The lowest BCUT2D eigenvalue weighted by atomic mass is 9.81. The van der Waals surface area contributed by atoms with Gasteiger partial charge in [-0.1, -0.05) is 13.8 Å². The van der Waals surface area contributed by atoms with Crippen molar-refractivity contribution in [3.05, 3.63) is 29.1 Å². The first kappa shape index (κ1) is 13.5. The normalized spacial score (nSPS) is 27.1. The Hall–Kier alpha value is -1.52. The van der Waals surface area contributed by atoms with Crippen LogP contribution in [-0.4, -0.2) is 34.8 Å². The van der Waals surface area contributed by atoms with Crippen molar-refractivity contribution < 1.29 is 13.6 Å². The van der Waals surface area contributed by atoms with Gasteiger partial charge in [-0.05, 0) is 41.9 Å². The van der Waals surface area contributed by atoms with E-state index in [1.54, 1.807) is 6.20 Å². The van der Waals surface area contributed by atoms with Crippen LogP contribution >= 0.6 is 0 Å². The van der Waals surface area contributed by atoms with Crippen LogP contribution in [0, 0.1) is 0 Å². The number of fused-ring (bicyclic) bond motifs is 1. The first-order chi connectivity index (χ1) is 9.35. The van der Waals surface area contributed by atoms with Crippen molar-refractivity contribution in [1.82, 2.24) is 9.88 Å². The van der Waals surface area contributed by atoms with Gasteiger partial charge in [-0.15, -0.1) is 0 Å². The number of pyridine rings is 1. The fraction of sp³-hybridized carbons (Fsp3) is 0.600. The van der Waals surface area contributed by atoms with E-state index >= 15 is 0 Å². The summed E-state index contributed by atoms with van der Waals surface area (Å²) >= 11 is 0. The number of amides is 1. The third-order valence-electron chi connectivity index (χ3n) is 4.71. The zero-order chi connectivity index (χ0) is 14.5. The van der Waals surface area contributed by atoms with Crippen LogP contribution in [0.4, 0.5) is 8.78 Å². The van der Waals surface area contributed by atoms with Crippen LogP contribution in [0.1, 0.15) is 48.3 Å². The molecule has 5 heteroatoms. The number of alkyl halides is 2. The molecule has 1 aliphatic heterocycles. The molecule has 3 rings (SSSR count). The van der Waals surface area contributed by atoms with Gasteiger partial charge in [0, 0.05) is 6.20 Å². The predicted molar refractivity (Wildman–Crippen MR) is 71.1 cm³/mol. The molecule has 3 nitrogen and oxygen atoms in total. The molecule has 1 saturated heterocycles. The Balaban J connectivity index is 1.86. The minimum Gasteiger partial charge on any atom is -0.325 e. The molecule has 0 unspecified atom stereocenters. The zero-order valence-corrected chi connectivity index (χ0v) is 11.7. The molecule has 108 valence electrons. The van der Waals surface area contributed by atoms with Gasteiger partial charge in [0.25, 0.3) is 11.8 Å². The van der Waals surface area contributed by atoms with Crippen molar-refractivity contribution in [3.8, 4) is 0 Å². The van der Waals surface area contributed by atoms with Gasteiger partial charge in [0.2, 0.25) is 0 Å². The number of rotatable bonds is 2. The summed E-state index contributed by atoms with van der Waals surface area (Å²) in [7, 11) is 0. The highest BCUT2D eigenvalue weighted by atomic mass is 19.3. The standard InChI is InChI=1S/C15H18F2N2O/c1-3-14(2)5-4-10-7-18-12(6-11(10)14)13(20)19-8-15(16,17)9-19/h6-7H,3-5,8-9H2,1-2H3/t14-/m0/s1.